The normalized spacial score (nSPS) is 14.0. The van der Waals surface area contributed by atoms with Crippen LogP contribution in [0.5, 0.6) is 5.75 Å². The van der Waals surface area contributed by atoms with Crippen LogP contribution in [0.15, 0.2) is 28.7 Å². The lowest BCUT2D eigenvalue weighted by Crippen LogP contribution is -2.04. The number of hydrogen-bond acceptors (Lipinski definition) is 3. The van der Waals surface area contributed by atoms with Gasteiger partial charge in [-0.2, -0.15) is 0 Å². The van der Waals surface area contributed by atoms with Crippen LogP contribution in [-0.2, 0) is 26.0 Å². The highest BCUT2D eigenvalue weighted by molar-refractivity contribution is 5.37. The fourth-order valence-electron chi connectivity index (χ4n) is 2.98. The van der Waals surface area contributed by atoms with Crippen LogP contribution in [-0.4, -0.2) is 7.05 Å². The zero-order chi connectivity index (χ0) is 14.7. The van der Waals surface area contributed by atoms with E-state index in [9.17, 15) is 0 Å². The maximum Gasteiger partial charge on any atom is 0.146 e. The van der Waals surface area contributed by atoms with Gasteiger partial charge in [-0.3, -0.25) is 0 Å². The minimum absolute atomic E-state index is 0.489. The molecule has 1 aromatic carbocycles. The number of benzene rings is 1. The first-order chi connectivity index (χ1) is 10.3. The Morgan fingerprint density at radius 1 is 1.14 bits per heavy atom. The van der Waals surface area contributed by atoms with Crippen molar-refractivity contribution in [3.05, 3.63) is 52.5 Å². The molecule has 1 N–H and O–H groups in total. The maximum atomic E-state index is 5.89. The lowest BCUT2D eigenvalue weighted by molar-refractivity contribution is 0.267. The van der Waals surface area contributed by atoms with Crippen LogP contribution in [0.2, 0.25) is 0 Å². The Morgan fingerprint density at radius 2 is 1.95 bits per heavy atom. The number of hydrogen-bond donors (Lipinski definition) is 1. The van der Waals surface area contributed by atoms with Gasteiger partial charge >= 0.3 is 0 Å². The highest BCUT2D eigenvalue weighted by atomic mass is 16.5. The summed E-state index contributed by atoms with van der Waals surface area (Å²) in [5.41, 5.74) is 4.13. The van der Waals surface area contributed by atoms with Crippen molar-refractivity contribution in [1.29, 1.82) is 0 Å². The molecule has 0 amide bonds. The molecule has 0 spiro atoms. The van der Waals surface area contributed by atoms with Crippen molar-refractivity contribution >= 4 is 0 Å². The Labute approximate surface area is 126 Å². The molecule has 1 heterocycles. The van der Waals surface area contributed by atoms with E-state index in [0.717, 1.165) is 23.8 Å². The van der Waals surface area contributed by atoms with Crippen LogP contribution in [0.1, 0.15) is 41.1 Å². The molecule has 112 valence electrons. The monoisotopic (exact) mass is 285 g/mol. The third kappa shape index (κ3) is 3.30. The van der Waals surface area contributed by atoms with Gasteiger partial charge in [-0.25, -0.2) is 0 Å². The van der Waals surface area contributed by atoms with Crippen molar-refractivity contribution in [3.63, 3.8) is 0 Å². The summed E-state index contributed by atoms with van der Waals surface area (Å²) in [6.45, 7) is 3.31. The zero-order valence-corrected chi connectivity index (χ0v) is 12.9. The molecular weight excluding hydrogens is 262 g/mol. The first kappa shape index (κ1) is 14.2. The van der Waals surface area contributed by atoms with Crippen LogP contribution in [0.4, 0.5) is 0 Å². The lowest BCUT2D eigenvalue weighted by Gasteiger charge is -2.16. The van der Waals surface area contributed by atoms with Crippen LogP contribution >= 0.6 is 0 Å². The topological polar surface area (TPSA) is 34.4 Å². The highest BCUT2D eigenvalue weighted by Gasteiger charge is 2.11. The number of fused-ring (bicyclic) bond motifs is 1. The van der Waals surface area contributed by atoms with Gasteiger partial charge in [0.05, 0.1) is 0 Å². The second-order valence-corrected chi connectivity index (χ2v) is 5.75. The SMILES string of the molecule is CNCc1cc(COc2ccc3c(c2)CCCC3)oc1C. The van der Waals surface area contributed by atoms with Gasteiger partial charge in [0.1, 0.15) is 23.9 Å². The van der Waals surface area contributed by atoms with E-state index in [0.29, 0.717) is 6.61 Å². The van der Waals surface area contributed by atoms with E-state index in [2.05, 4.69) is 29.6 Å². The van der Waals surface area contributed by atoms with Crippen molar-refractivity contribution in [1.82, 2.24) is 5.32 Å². The van der Waals surface area contributed by atoms with Crippen LogP contribution in [0.3, 0.4) is 0 Å². The lowest BCUT2D eigenvalue weighted by atomic mass is 9.92. The van der Waals surface area contributed by atoms with Crippen LogP contribution < -0.4 is 10.1 Å². The summed E-state index contributed by atoms with van der Waals surface area (Å²) in [6.07, 6.45) is 4.99. The second kappa shape index (κ2) is 6.35. The number of furan rings is 1. The van der Waals surface area contributed by atoms with Crippen molar-refractivity contribution in [2.45, 2.75) is 45.8 Å². The number of aryl methyl sites for hydroxylation is 3. The van der Waals surface area contributed by atoms with Gasteiger partial charge in [0.15, 0.2) is 0 Å². The number of ether oxygens (including phenoxy) is 1. The standard InChI is InChI=1S/C18H23NO2/c1-13-16(11-19-2)10-18(21-13)12-20-17-8-7-14-5-3-4-6-15(14)9-17/h7-10,19H,3-6,11-12H2,1-2H3. The first-order valence-electron chi connectivity index (χ1n) is 7.73. The minimum Gasteiger partial charge on any atom is -0.486 e. The quantitative estimate of drug-likeness (QED) is 0.908. The Kier molecular flexibility index (Phi) is 4.30. The van der Waals surface area contributed by atoms with E-state index in [1.807, 2.05) is 14.0 Å². The molecule has 0 bridgehead atoms. The van der Waals surface area contributed by atoms with Gasteiger partial charge in [-0.1, -0.05) is 6.07 Å². The van der Waals surface area contributed by atoms with Gasteiger partial charge in [0.2, 0.25) is 0 Å². The van der Waals surface area contributed by atoms with E-state index in [1.54, 1.807) is 0 Å². The van der Waals surface area contributed by atoms with Crippen molar-refractivity contribution < 1.29 is 9.15 Å². The largest absolute Gasteiger partial charge is 0.486 e. The van der Waals surface area contributed by atoms with E-state index in [1.165, 1.54) is 42.4 Å². The fraction of sp³-hybridized carbons (Fsp3) is 0.444. The molecule has 0 radical (unpaired) electrons. The summed E-state index contributed by atoms with van der Waals surface area (Å²) >= 11 is 0. The van der Waals surface area contributed by atoms with Gasteiger partial charge in [0, 0.05) is 12.1 Å². The number of rotatable bonds is 5. The average molecular weight is 285 g/mol. The van der Waals surface area contributed by atoms with Crippen molar-refractivity contribution in [2.24, 2.45) is 0 Å². The predicted octanol–water partition coefficient (Wildman–Crippen LogP) is 3.77. The third-order valence-corrected chi connectivity index (χ3v) is 4.14. The molecule has 3 nitrogen and oxygen atoms in total. The third-order valence-electron chi connectivity index (χ3n) is 4.14. The molecule has 0 aliphatic heterocycles. The smallest absolute Gasteiger partial charge is 0.146 e. The summed E-state index contributed by atoms with van der Waals surface area (Å²) in [5, 5.41) is 3.15. The molecule has 1 aliphatic carbocycles. The summed E-state index contributed by atoms with van der Waals surface area (Å²) in [6, 6.07) is 8.56. The Balaban J connectivity index is 1.66. The molecule has 2 aromatic rings. The van der Waals surface area contributed by atoms with Crippen LogP contribution in [0.25, 0.3) is 0 Å². The van der Waals surface area contributed by atoms with Gasteiger partial charge in [-0.05, 0) is 69.0 Å². The van der Waals surface area contributed by atoms with E-state index >= 15 is 0 Å². The molecule has 0 fully saturated rings. The molecule has 0 saturated carbocycles. The molecule has 0 atom stereocenters. The second-order valence-electron chi connectivity index (χ2n) is 5.75. The Hall–Kier alpha value is -1.74. The maximum absolute atomic E-state index is 5.89. The highest BCUT2D eigenvalue weighted by Crippen LogP contribution is 2.26. The Morgan fingerprint density at radius 3 is 2.76 bits per heavy atom. The van der Waals surface area contributed by atoms with Gasteiger partial charge in [0.25, 0.3) is 0 Å². The summed E-state index contributed by atoms with van der Waals surface area (Å²) in [5.74, 6) is 2.80. The molecule has 21 heavy (non-hydrogen) atoms. The molecule has 3 heteroatoms. The first-order valence-corrected chi connectivity index (χ1v) is 7.73. The van der Waals surface area contributed by atoms with Crippen molar-refractivity contribution in [2.75, 3.05) is 7.05 Å². The summed E-state index contributed by atoms with van der Waals surface area (Å²) < 4.78 is 11.6. The van der Waals surface area contributed by atoms with E-state index < -0.39 is 0 Å². The van der Waals surface area contributed by atoms with Crippen LogP contribution in [0, 0.1) is 6.92 Å². The van der Waals surface area contributed by atoms with Gasteiger partial charge in [-0.15, -0.1) is 0 Å². The van der Waals surface area contributed by atoms with Gasteiger partial charge < -0.3 is 14.5 Å². The van der Waals surface area contributed by atoms with E-state index in [4.69, 9.17) is 9.15 Å². The Bertz CT molecular complexity index is 616. The molecule has 1 aromatic heterocycles. The fourth-order valence-corrected chi connectivity index (χ4v) is 2.98. The molecule has 0 saturated heterocycles. The average Bonchev–Trinajstić information content (AvgIpc) is 2.86. The molecule has 0 unspecified atom stereocenters. The van der Waals surface area contributed by atoms with Crippen molar-refractivity contribution in [3.8, 4) is 5.75 Å². The zero-order valence-electron chi connectivity index (χ0n) is 12.9. The van der Waals surface area contributed by atoms with E-state index in [-0.39, 0.29) is 0 Å². The summed E-state index contributed by atoms with van der Waals surface area (Å²) in [4.78, 5) is 0. The molecule has 1 aliphatic rings. The minimum atomic E-state index is 0.489. The molecule has 3 rings (SSSR count). The number of nitrogens with one attached hydrogen (secondary N) is 1. The summed E-state index contributed by atoms with van der Waals surface area (Å²) in [7, 11) is 1.94. The predicted molar refractivity (Wildman–Crippen MR) is 83.6 cm³/mol. The molecular formula is C18H23NO2.